The standard InChI is InChI=1S/C20H37N2OPSe/c1-20(2,3)17-12-10-16(11-13-17)14-15-23-24(25)21(4)18-8-6-7-9-19(18)22(24)5/h14,17-19H,6-13,15H2,1-5H3/t17?,18-,19-/m0/s1. The Hall–Kier alpha value is 0.569. The Kier molecular flexibility index (Phi) is 6.42. The molecule has 0 aromatic rings. The zero-order valence-corrected chi connectivity index (χ0v) is 19.4. The van der Waals surface area contributed by atoms with Crippen LogP contribution < -0.4 is 0 Å². The van der Waals surface area contributed by atoms with Gasteiger partial charge in [-0.15, -0.1) is 0 Å². The van der Waals surface area contributed by atoms with Crippen LogP contribution in [-0.4, -0.2) is 57.2 Å². The molecule has 0 aromatic carbocycles. The van der Waals surface area contributed by atoms with Crippen molar-refractivity contribution in [2.24, 2.45) is 11.3 Å². The van der Waals surface area contributed by atoms with Gasteiger partial charge in [0.1, 0.15) is 0 Å². The maximum atomic E-state index is 6.53. The first-order chi connectivity index (χ1) is 11.7. The molecule has 1 heterocycles. The van der Waals surface area contributed by atoms with Gasteiger partial charge < -0.3 is 0 Å². The van der Waals surface area contributed by atoms with Gasteiger partial charge in [-0.3, -0.25) is 0 Å². The molecule has 144 valence electrons. The summed E-state index contributed by atoms with van der Waals surface area (Å²) in [6.07, 6.45) is 13.0. The van der Waals surface area contributed by atoms with Crippen LogP contribution in [-0.2, 0) is 4.52 Å². The third-order valence-corrected chi connectivity index (χ3v) is 13.5. The van der Waals surface area contributed by atoms with E-state index in [1.165, 1.54) is 51.4 Å². The summed E-state index contributed by atoms with van der Waals surface area (Å²) in [4.78, 5) is 0. The van der Waals surface area contributed by atoms with Crippen LogP contribution in [0.15, 0.2) is 11.6 Å². The second-order valence-corrected chi connectivity index (χ2v) is 14.9. The molecule has 2 atom stereocenters. The Morgan fingerprint density at radius 3 is 2.04 bits per heavy atom. The number of likely N-dealkylation sites (N-methyl/N-ethyl adjacent to an activating group) is 2. The van der Waals surface area contributed by atoms with Crippen molar-refractivity contribution in [2.75, 3.05) is 20.7 Å². The second-order valence-electron chi connectivity index (χ2n) is 9.36. The average molecular weight is 431 g/mol. The summed E-state index contributed by atoms with van der Waals surface area (Å²) in [5, 5.41) is 0. The van der Waals surface area contributed by atoms with E-state index >= 15 is 0 Å². The molecule has 2 aliphatic carbocycles. The summed E-state index contributed by atoms with van der Waals surface area (Å²) in [5.74, 6) is 0.874. The Bertz CT molecular complexity index is 524. The minimum atomic E-state index is -1.72. The van der Waals surface area contributed by atoms with Gasteiger partial charge in [0.25, 0.3) is 0 Å². The fraction of sp³-hybridized carbons (Fsp3) is 0.900. The van der Waals surface area contributed by atoms with E-state index in [0.717, 1.165) is 12.5 Å². The SMILES string of the molecule is CN1[C@H]2CCCC[C@@H]2N(C)P1(=[Se])OCC=C1CCC(C(C)(C)C)CC1. The number of fused-ring (bicyclic) bond motifs is 1. The molecule has 1 aliphatic heterocycles. The Morgan fingerprint density at radius 2 is 1.56 bits per heavy atom. The molecule has 5 heteroatoms. The molecular formula is C20H37N2OPSe. The summed E-state index contributed by atoms with van der Waals surface area (Å²) in [6, 6.07) is -0.350. The summed E-state index contributed by atoms with van der Waals surface area (Å²) in [6.45, 7) is 7.94. The minimum absolute atomic E-state index is 0.460. The number of hydrogen-bond donors (Lipinski definition) is 0. The van der Waals surface area contributed by atoms with Gasteiger partial charge >= 0.3 is 163 Å². The second kappa shape index (κ2) is 7.90. The Labute approximate surface area is 163 Å². The van der Waals surface area contributed by atoms with Gasteiger partial charge in [-0.05, 0) is 0 Å². The van der Waals surface area contributed by atoms with E-state index in [0.29, 0.717) is 17.5 Å². The number of rotatable bonds is 3. The van der Waals surface area contributed by atoms with E-state index in [4.69, 9.17) is 4.52 Å². The zero-order valence-electron chi connectivity index (χ0n) is 16.8. The molecule has 1 saturated heterocycles. The number of hydrogen-bond acceptors (Lipinski definition) is 3. The Morgan fingerprint density at radius 1 is 1.04 bits per heavy atom. The molecule has 3 nitrogen and oxygen atoms in total. The quantitative estimate of drug-likeness (QED) is 0.347. The number of nitrogens with zero attached hydrogens (tertiary/aromatic N) is 2. The molecule has 0 bridgehead atoms. The maximum absolute atomic E-state index is 6.53. The van der Waals surface area contributed by atoms with E-state index in [9.17, 15) is 0 Å². The van der Waals surface area contributed by atoms with E-state index in [-0.39, 0.29) is 0 Å². The molecular weight excluding hydrogens is 394 g/mol. The van der Waals surface area contributed by atoms with Crippen LogP contribution in [0.2, 0.25) is 0 Å². The first kappa shape index (κ1) is 20.3. The molecule has 2 saturated carbocycles. The van der Waals surface area contributed by atoms with Crippen molar-refractivity contribution >= 4 is 21.1 Å². The normalized spacial score (nSPS) is 34.1. The fourth-order valence-electron chi connectivity index (χ4n) is 5.05. The molecule has 3 aliphatic rings. The number of allylic oxidation sites excluding steroid dienone is 1. The molecule has 3 fully saturated rings. The van der Waals surface area contributed by atoms with E-state index < -0.39 is 6.04 Å². The molecule has 0 unspecified atom stereocenters. The first-order valence-corrected chi connectivity index (χ1v) is 14.0. The predicted octanol–water partition coefficient (Wildman–Crippen LogP) is 5.20. The van der Waals surface area contributed by atoms with Gasteiger partial charge in [-0.2, -0.15) is 0 Å². The summed E-state index contributed by atoms with van der Waals surface area (Å²) < 4.78 is 11.6. The van der Waals surface area contributed by atoms with E-state index in [1.54, 1.807) is 5.57 Å². The van der Waals surface area contributed by atoms with Crippen LogP contribution >= 0.6 is 6.04 Å². The first-order valence-electron chi connectivity index (χ1n) is 10.1. The predicted molar refractivity (Wildman–Crippen MR) is 110 cm³/mol. The fourth-order valence-corrected chi connectivity index (χ4v) is 9.33. The van der Waals surface area contributed by atoms with Crippen LogP contribution in [0.3, 0.4) is 0 Å². The molecule has 0 radical (unpaired) electrons. The van der Waals surface area contributed by atoms with Gasteiger partial charge in [0, 0.05) is 0 Å². The van der Waals surface area contributed by atoms with Crippen molar-refractivity contribution in [1.82, 2.24) is 9.34 Å². The van der Waals surface area contributed by atoms with Gasteiger partial charge in [-0.25, -0.2) is 0 Å². The van der Waals surface area contributed by atoms with Crippen molar-refractivity contribution in [3.8, 4) is 0 Å². The third kappa shape index (κ3) is 4.20. The zero-order chi connectivity index (χ0) is 18.2. The van der Waals surface area contributed by atoms with Crippen molar-refractivity contribution in [2.45, 2.75) is 84.2 Å². The van der Waals surface area contributed by atoms with Crippen LogP contribution in [0.5, 0.6) is 0 Å². The van der Waals surface area contributed by atoms with Crippen molar-refractivity contribution in [1.29, 1.82) is 0 Å². The summed E-state index contributed by atoms with van der Waals surface area (Å²) >= 11 is 3.48. The molecule has 0 aromatic heterocycles. The van der Waals surface area contributed by atoms with Crippen molar-refractivity contribution in [3.63, 3.8) is 0 Å². The van der Waals surface area contributed by atoms with E-state index in [1.807, 2.05) is 0 Å². The van der Waals surface area contributed by atoms with Gasteiger partial charge in [0.05, 0.1) is 0 Å². The summed E-state index contributed by atoms with van der Waals surface area (Å²) in [7, 11) is 4.55. The van der Waals surface area contributed by atoms with Gasteiger partial charge in [0.2, 0.25) is 0 Å². The molecule has 3 rings (SSSR count). The monoisotopic (exact) mass is 432 g/mol. The van der Waals surface area contributed by atoms with Crippen LogP contribution in [0.1, 0.15) is 72.1 Å². The Balaban J connectivity index is 1.56. The van der Waals surface area contributed by atoms with Crippen LogP contribution in [0.4, 0.5) is 0 Å². The average Bonchev–Trinajstić information content (AvgIpc) is 2.77. The topological polar surface area (TPSA) is 15.7 Å². The summed E-state index contributed by atoms with van der Waals surface area (Å²) in [5.41, 5.74) is 2.08. The molecule has 0 spiro atoms. The van der Waals surface area contributed by atoms with E-state index in [2.05, 4.69) is 65.4 Å². The van der Waals surface area contributed by atoms with Crippen molar-refractivity contribution in [3.05, 3.63) is 11.6 Å². The molecule has 0 amide bonds. The van der Waals surface area contributed by atoms with Gasteiger partial charge in [-0.1, -0.05) is 0 Å². The van der Waals surface area contributed by atoms with Gasteiger partial charge in [0.15, 0.2) is 0 Å². The van der Waals surface area contributed by atoms with Crippen LogP contribution in [0, 0.1) is 11.3 Å². The molecule has 25 heavy (non-hydrogen) atoms. The van der Waals surface area contributed by atoms with Crippen molar-refractivity contribution < 1.29 is 4.52 Å². The third-order valence-electron chi connectivity index (χ3n) is 6.92. The molecule has 0 N–H and O–H groups in total. The van der Waals surface area contributed by atoms with Crippen LogP contribution in [0.25, 0.3) is 0 Å².